The molecule has 9 aromatic carbocycles. The molecule has 0 N–H and O–H groups in total. The van der Waals surface area contributed by atoms with E-state index in [1.165, 1.54) is 110 Å². The molecule has 0 aromatic heterocycles. The Bertz CT molecular complexity index is 3460. The average molecular weight is 892 g/mol. The summed E-state index contributed by atoms with van der Waals surface area (Å²) in [6.07, 6.45) is 6.58. The highest BCUT2D eigenvalue weighted by Gasteiger charge is 2.62. The fourth-order valence-corrected chi connectivity index (χ4v) is 14.7. The molecule has 6 aliphatic carbocycles. The summed E-state index contributed by atoms with van der Waals surface area (Å²) in [7, 11) is 0. The zero-order chi connectivity index (χ0) is 46.0. The van der Waals surface area contributed by atoms with Crippen LogP contribution in [-0.4, -0.2) is 0 Å². The molecule has 4 bridgehead atoms. The monoisotopic (exact) mass is 891 g/mol. The molecule has 0 heterocycles. The second-order valence-corrected chi connectivity index (χ2v) is 21.5. The van der Waals surface area contributed by atoms with Gasteiger partial charge >= 0.3 is 0 Å². The number of rotatable bonds is 7. The lowest BCUT2D eigenvalue weighted by atomic mass is 9.43. The molecule has 0 aliphatic heterocycles. The van der Waals surface area contributed by atoms with Crippen LogP contribution in [0.2, 0.25) is 0 Å². The van der Waals surface area contributed by atoms with Crippen LogP contribution in [0.4, 0.5) is 21.5 Å². The maximum Gasteiger partial charge on any atom is 0.123 e. The minimum absolute atomic E-state index is 0.0661. The predicted molar refractivity (Wildman–Crippen MR) is 284 cm³/mol. The zero-order valence-corrected chi connectivity index (χ0v) is 39.3. The lowest BCUT2D eigenvalue weighted by Gasteiger charge is -2.61. The van der Waals surface area contributed by atoms with E-state index >= 15 is 0 Å². The van der Waals surface area contributed by atoms with Crippen LogP contribution in [0.25, 0.3) is 66.8 Å². The molecule has 0 amide bonds. The van der Waals surface area contributed by atoms with Crippen LogP contribution in [0.15, 0.2) is 206 Å². The van der Waals surface area contributed by atoms with Gasteiger partial charge in [-0.15, -0.1) is 0 Å². The number of halogens is 1. The predicted octanol–water partition coefficient (Wildman–Crippen LogP) is 18.0. The van der Waals surface area contributed by atoms with E-state index in [0.717, 1.165) is 40.0 Å². The fourth-order valence-electron chi connectivity index (χ4n) is 14.7. The van der Waals surface area contributed by atoms with E-state index in [1.54, 1.807) is 12.1 Å². The van der Waals surface area contributed by atoms with Gasteiger partial charge in [0.15, 0.2) is 0 Å². The Morgan fingerprint density at radius 3 is 1.67 bits per heavy atom. The molecule has 0 radical (unpaired) electrons. The van der Waals surface area contributed by atoms with E-state index in [2.05, 4.69) is 207 Å². The number of benzene rings is 9. The Morgan fingerprint density at radius 1 is 0.362 bits per heavy atom. The van der Waals surface area contributed by atoms with Crippen LogP contribution in [0.3, 0.4) is 0 Å². The standard InChI is InChI=1S/C67H54FN/c1-66(2)61-22-10-9-21-57(61)60-41-56(28-30-62(60)66)69(55-20-12-18-48(37-55)44-13-5-3-6-14-44)54-26-23-45(24-27-54)49-25-29-58-63(39-49)67(51-32-42-31-43(34-51)35-52(67)33-42)64-40-50(47-17-11-19-53(68)36-47)38-59(65(58)64)46-15-7-4-8-16-46/h3-30,36-43,51-52H,31-35H2,1-2H3. The summed E-state index contributed by atoms with van der Waals surface area (Å²) in [5.41, 5.74) is 23.8. The quantitative estimate of drug-likeness (QED) is 0.154. The van der Waals surface area contributed by atoms with Crippen molar-refractivity contribution >= 4 is 17.1 Å². The van der Waals surface area contributed by atoms with Crippen molar-refractivity contribution in [1.29, 1.82) is 0 Å². The van der Waals surface area contributed by atoms with Crippen LogP contribution in [-0.2, 0) is 10.8 Å². The Balaban J connectivity index is 0.916. The van der Waals surface area contributed by atoms with Crippen molar-refractivity contribution < 1.29 is 4.39 Å². The Labute approximate surface area is 406 Å². The highest BCUT2D eigenvalue weighted by atomic mass is 19.1. The van der Waals surface area contributed by atoms with E-state index in [9.17, 15) is 4.39 Å². The minimum Gasteiger partial charge on any atom is -0.310 e. The molecule has 2 heteroatoms. The van der Waals surface area contributed by atoms with Gasteiger partial charge in [-0.05, 0) is 212 Å². The normalized spacial score (nSPS) is 21.7. The van der Waals surface area contributed by atoms with Gasteiger partial charge < -0.3 is 4.90 Å². The first-order valence-corrected chi connectivity index (χ1v) is 25.3. The topological polar surface area (TPSA) is 3.24 Å². The number of hydrogen-bond acceptors (Lipinski definition) is 1. The summed E-state index contributed by atoms with van der Waals surface area (Å²) in [5.74, 6) is 2.63. The third kappa shape index (κ3) is 6.20. The first-order valence-electron chi connectivity index (χ1n) is 25.3. The largest absolute Gasteiger partial charge is 0.310 e. The summed E-state index contributed by atoms with van der Waals surface area (Å²) < 4.78 is 15.0. The number of fused-ring (bicyclic) bond motifs is 6. The molecule has 0 atom stereocenters. The molecule has 15 rings (SSSR count). The van der Waals surface area contributed by atoms with Gasteiger partial charge in [0, 0.05) is 27.9 Å². The molecule has 0 unspecified atom stereocenters. The van der Waals surface area contributed by atoms with Gasteiger partial charge in [0.25, 0.3) is 0 Å². The Kier molecular flexibility index (Phi) is 9.07. The SMILES string of the molecule is CC1(C)c2ccccc2-c2cc(N(c3ccc(-c4ccc5c(c4)C4(c6cc(-c7cccc(F)c7)cc(-c7ccccc7)c6-5)C5CC6CC(C5)CC4C6)cc3)c3cccc(-c4ccccc4)c3)ccc21. The molecule has 69 heavy (non-hydrogen) atoms. The summed E-state index contributed by atoms with van der Waals surface area (Å²) in [5, 5.41) is 0. The summed E-state index contributed by atoms with van der Waals surface area (Å²) in [6.45, 7) is 4.71. The van der Waals surface area contributed by atoms with Gasteiger partial charge in [-0.2, -0.15) is 0 Å². The second-order valence-electron chi connectivity index (χ2n) is 21.5. The van der Waals surface area contributed by atoms with Crippen molar-refractivity contribution in [2.24, 2.45) is 23.7 Å². The number of nitrogens with zero attached hydrogens (tertiary/aromatic N) is 1. The zero-order valence-electron chi connectivity index (χ0n) is 39.3. The van der Waals surface area contributed by atoms with Gasteiger partial charge in [0.2, 0.25) is 0 Å². The molecule has 4 saturated carbocycles. The van der Waals surface area contributed by atoms with Crippen molar-refractivity contribution in [3.05, 3.63) is 234 Å². The highest BCUT2D eigenvalue weighted by Crippen LogP contribution is 2.70. The Hall–Kier alpha value is -7.29. The molecular formula is C67H54FN. The van der Waals surface area contributed by atoms with E-state index in [-0.39, 0.29) is 16.6 Å². The molecule has 1 nitrogen and oxygen atoms in total. The highest BCUT2D eigenvalue weighted by molar-refractivity contribution is 5.97. The van der Waals surface area contributed by atoms with Crippen LogP contribution < -0.4 is 4.90 Å². The van der Waals surface area contributed by atoms with Crippen LogP contribution in [0.5, 0.6) is 0 Å². The molecule has 4 fully saturated rings. The molecular weight excluding hydrogens is 838 g/mol. The van der Waals surface area contributed by atoms with E-state index in [1.807, 2.05) is 6.07 Å². The molecule has 0 saturated heterocycles. The van der Waals surface area contributed by atoms with Crippen molar-refractivity contribution in [3.63, 3.8) is 0 Å². The lowest BCUT2D eigenvalue weighted by molar-refractivity contribution is -0.0399. The Morgan fingerprint density at radius 2 is 0.928 bits per heavy atom. The maximum atomic E-state index is 15.0. The van der Waals surface area contributed by atoms with E-state index in [0.29, 0.717) is 11.8 Å². The summed E-state index contributed by atoms with van der Waals surface area (Å²) in [6, 6.07) is 75.5. The molecule has 334 valence electrons. The van der Waals surface area contributed by atoms with Gasteiger partial charge in [0.05, 0.1) is 0 Å². The van der Waals surface area contributed by atoms with Crippen LogP contribution in [0.1, 0.15) is 68.2 Å². The molecule has 1 spiro atoms. The number of hydrogen-bond donors (Lipinski definition) is 0. The maximum absolute atomic E-state index is 15.0. The van der Waals surface area contributed by atoms with Gasteiger partial charge in [-0.1, -0.05) is 153 Å². The van der Waals surface area contributed by atoms with Crippen molar-refractivity contribution in [2.45, 2.75) is 56.8 Å². The third-order valence-electron chi connectivity index (χ3n) is 17.5. The van der Waals surface area contributed by atoms with Crippen molar-refractivity contribution in [2.75, 3.05) is 4.90 Å². The van der Waals surface area contributed by atoms with Crippen molar-refractivity contribution in [1.82, 2.24) is 0 Å². The van der Waals surface area contributed by atoms with Gasteiger partial charge in [-0.25, -0.2) is 4.39 Å². The second kappa shape index (κ2) is 15.4. The first-order chi connectivity index (χ1) is 33.8. The van der Waals surface area contributed by atoms with E-state index < -0.39 is 0 Å². The smallest absolute Gasteiger partial charge is 0.123 e. The fraction of sp³-hybridized carbons (Fsp3) is 0.194. The first kappa shape index (κ1) is 40.7. The van der Waals surface area contributed by atoms with E-state index in [4.69, 9.17) is 0 Å². The molecule has 6 aliphatic rings. The van der Waals surface area contributed by atoms with Crippen LogP contribution >= 0.6 is 0 Å². The summed E-state index contributed by atoms with van der Waals surface area (Å²) in [4.78, 5) is 2.44. The minimum atomic E-state index is -0.191. The van der Waals surface area contributed by atoms with Gasteiger partial charge in [-0.3, -0.25) is 0 Å². The third-order valence-corrected chi connectivity index (χ3v) is 17.5. The van der Waals surface area contributed by atoms with Gasteiger partial charge in [0.1, 0.15) is 5.82 Å². The number of anilines is 3. The van der Waals surface area contributed by atoms with Crippen LogP contribution in [0, 0.1) is 29.5 Å². The van der Waals surface area contributed by atoms with Crippen molar-refractivity contribution in [3.8, 4) is 66.8 Å². The summed E-state index contributed by atoms with van der Waals surface area (Å²) >= 11 is 0. The average Bonchev–Trinajstić information content (AvgIpc) is 3.80. The molecule has 9 aromatic rings. The lowest BCUT2D eigenvalue weighted by Crippen LogP contribution is -2.55.